The predicted octanol–water partition coefficient (Wildman–Crippen LogP) is 4.47. The van der Waals surface area contributed by atoms with Crippen LogP contribution < -0.4 is 19.5 Å². The van der Waals surface area contributed by atoms with Gasteiger partial charge in [0.1, 0.15) is 12.4 Å². The Kier molecular flexibility index (Phi) is 8.09. The lowest BCUT2D eigenvalue weighted by Crippen LogP contribution is -2.21. The third-order valence-electron chi connectivity index (χ3n) is 4.42. The van der Waals surface area contributed by atoms with E-state index in [1.165, 1.54) is 13.2 Å². The number of nitrogens with one attached hydrogen (secondary N) is 1. The summed E-state index contributed by atoms with van der Waals surface area (Å²) in [5.41, 5.74) is 1.90. The van der Waals surface area contributed by atoms with E-state index in [0.717, 1.165) is 5.56 Å². The van der Waals surface area contributed by atoms with Gasteiger partial charge in [0.05, 0.1) is 19.3 Å². The monoisotopic (exact) mass is 435 g/mol. The van der Waals surface area contributed by atoms with E-state index in [-0.39, 0.29) is 5.56 Å². The van der Waals surface area contributed by atoms with Crippen LogP contribution in [-0.2, 0) is 16.1 Å². The van der Waals surface area contributed by atoms with Crippen LogP contribution in [0.15, 0.2) is 72.8 Å². The first-order chi connectivity index (χ1) is 15.6. The number of carbonyl (C=O) groups is 2. The Balaban J connectivity index is 1.47. The summed E-state index contributed by atoms with van der Waals surface area (Å²) in [7, 11) is 1.48. The van der Waals surface area contributed by atoms with Gasteiger partial charge < -0.3 is 24.3 Å². The molecule has 166 valence electrons. The highest BCUT2D eigenvalue weighted by Crippen LogP contribution is 2.28. The molecule has 0 saturated heterocycles. The highest BCUT2D eigenvalue weighted by molar-refractivity contribution is 5.95. The fourth-order valence-corrected chi connectivity index (χ4v) is 2.86. The van der Waals surface area contributed by atoms with Crippen LogP contribution in [-0.4, -0.2) is 32.2 Å². The van der Waals surface area contributed by atoms with E-state index in [0.29, 0.717) is 36.1 Å². The van der Waals surface area contributed by atoms with Crippen LogP contribution in [0.4, 0.5) is 5.69 Å². The standard InChI is InChI=1S/C25H25NO6/c1-3-30-22-14-9-19(15-23(22)29-2)25(28)32-17-24(27)26-20-10-12-21(13-11-20)31-16-18-7-5-4-6-8-18/h4-15H,3,16-17H2,1-2H3,(H,26,27). The van der Waals surface area contributed by atoms with E-state index >= 15 is 0 Å². The van der Waals surface area contributed by atoms with Crippen molar-refractivity contribution in [2.45, 2.75) is 13.5 Å². The van der Waals surface area contributed by atoms with Crippen molar-refractivity contribution in [1.29, 1.82) is 0 Å². The Bertz CT molecular complexity index is 1030. The molecule has 3 aromatic rings. The molecular weight excluding hydrogens is 410 g/mol. The first kappa shape index (κ1) is 22.7. The molecule has 0 aliphatic heterocycles. The van der Waals surface area contributed by atoms with Crippen molar-refractivity contribution in [3.05, 3.63) is 83.9 Å². The molecule has 0 unspecified atom stereocenters. The van der Waals surface area contributed by atoms with Gasteiger partial charge in [-0.2, -0.15) is 0 Å². The summed E-state index contributed by atoms with van der Waals surface area (Å²) in [6.07, 6.45) is 0. The van der Waals surface area contributed by atoms with E-state index in [1.54, 1.807) is 36.4 Å². The molecule has 0 atom stereocenters. The second-order valence-electron chi connectivity index (χ2n) is 6.72. The normalized spacial score (nSPS) is 10.2. The summed E-state index contributed by atoms with van der Waals surface area (Å²) >= 11 is 0. The van der Waals surface area contributed by atoms with Crippen molar-refractivity contribution in [1.82, 2.24) is 0 Å². The third-order valence-corrected chi connectivity index (χ3v) is 4.42. The van der Waals surface area contributed by atoms with E-state index in [9.17, 15) is 9.59 Å². The first-order valence-electron chi connectivity index (χ1n) is 10.1. The maximum absolute atomic E-state index is 12.3. The predicted molar refractivity (Wildman–Crippen MR) is 120 cm³/mol. The molecule has 3 rings (SSSR count). The maximum atomic E-state index is 12.3. The molecule has 7 heteroatoms. The number of ether oxygens (including phenoxy) is 4. The van der Waals surface area contributed by atoms with E-state index in [1.807, 2.05) is 37.3 Å². The lowest BCUT2D eigenvalue weighted by molar-refractivity contribution is -0.119. The Morgan fingerprint density at radius 1 is 0.875 bits per heavy atom. The zero-order valence-electron chi connectivity index (χ0n) is 18.0. The van der Waals surface area contributed by atoms with Crippen molar-refractivity contribution in [3.63, 3.8) is 0 Å². The Hall–Kier alpha value is -4.00. The summed E-state index contributed by atoms with van der Waals surface area (Å²) in [5, 5.41) is 2.68. The molecule has 0 bridgehead atoms. The number of anilines is 1. The Morgan fingerprint density at radius 2 is 1.62 bits per heavy atom. The molecule has 32 heavy (non-hydrogen) atoms. The number of carbonyl (C=O) groups excluding carboxylic acids is 2. The lowest BCUT2D eigenvalue weighted by Gasteiger charge is -2.11. The van der Waals surface area contributed by atoms with Crippen LogP contribution in [0, 0.1) is 0 Å². The van der Waals surface area contributed by atoms with E-state index in [2.05, 4.69) is 5.32 Å². The fraction of sp³-hybridized carbons (Fsp3) is 0.200. The van der Waals surface area contributed by atoms with Gasteiger partial charge in [0.15, 0.2) is 18.1 Å². The van der Waals surface area contributed by atoms with Crippen molar-refractivity contribution in [3.8, 4) is 17.2 Å². The molecule has 0 aliphatic carbocycles. The minimum atomic E-state index is -0.633. The molecule has 1 N–H and O–H groups in total. The average molecular weight is 435 g/mol. The van der Waals surface area contributed by atoms with Gasteiger partial charge in [-0.05, 0) is 55.0 Å². The Labute approximate surface area is 186 Å². The zero-order chi connectivity index (χ0) is 22.8. The number of methoxy groups -OCH3 is 1. The van der Waals surface area contributed by atoms with Crippen LogP contribution in [0.2, 0.25) is 0 Å². The van der Waals surface area contributed by atoms with Gasteiger partial charge in [-0.15, -0.1) is 0 Å². The molecule has 0 heterocycles. The molecule has 1 amide bonds. The van der Waals surface area contributed by atoms with Gasteiger partial charge in [0, 0.05) is 5.69 Å². The number of hydrogen-bond donors (Lipinski definition) is 1. The van der Waals surface area contributed by atoms with Gasteiger partial charge in [0.2, 0.25) is 0 Å². The van der Waals surface area contributed by atoms with Crippen molar-refractivity contribution >= 4 is 17.6 Å². The molecule has 0 saturated carbocycles. The van der Waals surface area contributed by atoms with Gasteiger partial charge in [0.25, 0.3) is 5.91 Å². The van der Waals surface area contributed by atoms with Crippen molar-refractivity contribution in [2.75, 3.05) is 25.6 Å². The van der Waals surface area contributed by atoms with Crippen molar-refractivity contribution in [2.24, 2.45) is 0 Å². The van der Waals surface area contributed by atoms with E-state index < -0.39 is 18.5 Å². The highest BCUT2D eigenvalue weighted by Gasteiger charge is 2.14. The molecule has 0 aliphatic rings. The molecule has 7 nitrogen and oxygen atoms in total. The first-order valence-corrected chi connectivity index (χ1v) is 10.1. The highest BCUT2D eigenvalue weighted by atomic mass is 16.5. The van der Waals surface area contributed by atoms with Gasteiger partial charge in [-0.1, -0.05) is 30.3 Å². The van der Waals surface area contributed by atoms with Gasteiger partial charge in [-0.3, -0.25) is 4.79 Å². The largest absolute Gasteiger partial charge is 0.493 e. The molecule has 0 aromatic heterocycles. The topological polar surface area (TPSA) is 83.1 Å². The Morgan fingerprint density at radius 3 is 2.31 bits per heavy atom. The van der Waals surface area contributed by atoms with Crippen LogP contribution in [0.3, 0.4) is 0 Å². The van der Waals surface area contributed by atoms with Crippen LogP contribution in [0.5, 0.6) is 17.2 Å². The van der Waals surface area contributed by atoms with Gasteiger partial charge in [-0.25, -0.2) is 4.79 Å². The van der Waals surface area contributed by atoms with Crippen LogP contribution >= 0.6 is 0 Å². The molecule has 0 radical (unpaired) electrons. The number of hydrogen-bond acceptors (Lipinski definition) is 6. The number of benzene rings is 3. The minimum absolute atomic E-state index is 0.262. The minimum Gasteiger partial charge on any atom is -0.493 e. The average Bonchev–Trinajstić information content (AvgIpc) is 2.83. The maximum Gasteiger partial charge on any atom is 0.338 e. The third kappa shape index (κ3) is 6.50. The van der Waals surface area contributed by atoms with Crippen LogP contribution in [0.25, 0.3) is 0 Å². The number of rotatable bonds is 10. The molecule has 0 fully saturated rings. The lowest BCUT2D eigenvalue weighted by atomic mass is 10.2. The van der Waals surface area contributed by atoms with Crippen LogP contribution in [0.1, 0.15) is 22.8 Å². The summed E-state index contributed by atoms with van der Waals surface area (Å²) in [6, 6.07) is 21.5. The van der Waals surface area contributed by atoms with Gasteiger partial charge >= 0.3 is 5.97 Å². The van der Waals surface area contributed by atoms with E-state index in [4.69, 9.17) is 18.9 Å². The zero-order valence-corrected chi connectivity index (χ0v) is 18.0. The number of amides is 1. The quantitative estimate of drug-likeness (QED) is 0.473. The summed E-state index contributed by atoms with van der Waals surface area (Å²) in [5.74, 6) is 0.545. The second kappa shape index (κ2) is 11.4. The molecule has 3 aromatic carbocycles. The summed E-state index contributed by atoms with van der Waals surface area (Å²) in [6.45, 7) is 2.37. The van der Waals surface area contributed by atoms with Crippen molar-refractivity contribution < 1.29 is 28.5 Å². The summed E-state index contributed by atoms with van der Waals surface area (Å²) < 4.78 is 21.5. The smallest absolute Gasteiger partial charge is 0.338 e. The SMILES string of the molecule is CCOc1ccc(C(=O)OCC(=O)Nc2ccc(OCc3ccccc3)cc2)cc1OC. The molecule has 0 spiro atoms. The fourth-order valence-electron chi connectivity index (χ4n) is 2.86. The second-order valence-corrected chi connectivity index (χ2v) is 6.72. The number of esters is 1. The molecular formula is C25H25NO6. The summed E-state index contributed by atoms with van der Waals surface area (Å²) in [4.78, 5) is 24.4.